The Labute approximate surface area is 122 Å². The molecule has 1 N–H and O–H groups in total. The lowest BCUT2D eigenvalue weighted by Crippen LogP contribution is -2.44. The Hall–Kier alpha value is -1.06. The van der Waals surface area contributed by atoms with Crippen LogP contribution >= 0.6 is 0 Å². The van der Waals surface area contributed by atoms with Crippen LogP contribution in [0, 0.1) is 0 Å². The average molecular weight is 277 g/mol. The molecule has 20 heavy (non-hydrogen) atoms. The Morgan fingerprint density at radius 3 is 2.60 bits per heavy atom. The lowest BCUT2D eigenvalue weighted by molar-refractivity contribution is 0.116. The first-order valence-electron chi connectivity index (χ1n) is 7.84. The lowest BCUT2D eigenvalue weighted by Gasteiger charge is -2.35. The van der Waals surface area contributed by atoms with Crippen molar-refractivity contribution in [3.63, 3.8) is 0 Å². The molecule has 1 aromatic carbocycles. The number of hydrogen-bond donors (Lipinski definition) is 1. The molecule has 1 heterocycles. The van der Waals surface area contributed by atoms with E-state index in [-0.39, 0.29) is 0 Å². The van der Waals surface area contributed by atoms with Gasteiger partial charge in [-0.2, -0.15) is 0 Å². The van der Waals surface area contributed by atoms with Gasteiger partial charge < -0.3 is 9.84 Å². The SMILES string of the molecule is CCCN(CCC)C1COc2cccc(C(C)O)c2C1. The normalized spacial score (nSPS) is 19.6. The number of hydrogen-bond acceptors (Lipinski definition) is 3. The van der Waals surface area contributed by atoms with Gasteiger partial charge in [-0.3, -0.25) is 4.90 Å². The van der Waals surface area contributed by atoms with E-state index in [9.17, 15) is 5.11 Å². The van der Waals surface area contributed by atoms with Gasteiger partial charge in [0.05, 0.1) is 6.10 Å². The maximum atomic E-state index is 9.94. The highest BCUT2D eigenvalue weighted by atomic mass is 16.5. The van der Waals surface area contributed by atoms with E-state index >= 15 is 0 Å². The summed E-state index contributed by atoms with van der Waals surface area (Å²) in [6.45, 7) is 9.27. The average Bonchev–Trinajstić information content (AvgIpc) is 2.45. The van der Waals surface area contributed by atoms with Crippen LogP contribution in [0.1, 0.15) is 50.8 Å². The molecule has 1 aliphatic rings. The van der Waals surface area contributed by atoms with E-state index in [1.165, 1.54) is 18.4 Å². The first-order valence-corrected chi connectivity index (χ1v) is 7.84. The first kappa shape index (κ1) is 15.3. The Bertz CT molecular complexity index is 425. The molecule has 0 saturated heterocycles. The van der Waals surface area contributed by atoms with Gasteiger partial charge in [-0.25, -0.2) is 0 Å². The molecular formula is C17H27NO2. The van der Waals surface area contributed by atoms with Crippen molar-refractivity contribution in [3.8, 4) is 5.75 Å². The molecule has 2 unspecified atom stereocenters. The second-order valence-corrected chi connectivity index (χ2v) is 5.70. The van der Waals surface area contributed by atoms with Crippen molar-refractivity contribution in [1.29, 1.82) is 0 Å². The third-order valence-corrected chi connectivity index (χ3v) is 4.03. The summed E-state index contributed by atoms with van der Waals surface area (Å²) in [4.78, 5) is 2.53. The van der Waals surface area contributed by atoms with Crippen molar-refractivity contribution >= 4 is 0 Å². The zero-order chi connectivity index (χ0) is 14.5. The highest BCUT2D eigenvalue weighted by Gasteiger charge is 2.27. The summed E-state index contributed by atoms with van der Waals surface area (Å²) in [6, 6.07) is 6.43. The van der Waals surface area contributed by atoms with E-state index < -0.39 is 6.10 Å². The van der Waals surface area contributed by atoms with Gasteiger partial charge in [-0.05, 0) is 50.9 Å². The predicted octanol–water partition coefficient (Wildman–Crippen LogP) is 3.17. The summed E-state index contributed by atoms with van der Waals surface area (Å²) < 4.78 is 5.95. The highest BCUT2D eigenvalue weighted by Crippen LogP contribution is 2.32. The molecule has 0 bridgehead atoms. The summed E-state index contributed by atoms with van der Waals surface area (Å²) >= 11 is 0. The van der Waals surface area contributed by atoms with Crippen LogP contribution in [0.4, 0.5) is 0 Å². The fourth-order valence-electron chi connectivity index (χ4n) is 3.09. The zero-order valence-electron chi connectivity index (χ0n) is 12.9. The molecule has 0 radical (unpaired) electrons. The molecule has 112 valence electrons. The van der Waals surface area contributed by atoms with Crippen molar-refractivity contribution in [2.75, 3.05) is 19.7 Å². The molecule has 0 aliphatic carbocycles. The van der Waals surface area contributed by atoms with E-state index in [4.69, 9.17) is 4.74 Å². The molecular weight excluding hydrogens is 250 g/mol. The minimum absolute atomic E-state index is 0.432. The number of aliphatic hydroxyl groups is 1. The van der Waals surface area contributed by atoms with Gasteiger partial charge in [-0.1, -0.05) is 26.0 Å². The molecule has 2 rings (SSSR count). The molecule has 1 aromatic rings. The van der Waals surface area contributed by atoms with E-state index in [0.29, 0.717) is 6.04 Å². The van der Waals surface area contributed by atoms with Crippen molar-refractivity contribution in [1.82, 2.24) is 4.90 Å². The number of ether oxygens (including phenoxy) is 1. The molecule has 2 atom stereocenters. The number of aliphatic hydroxyl groups excluding tert-OH is 1. The standard InChI is InChI=1S/C17H27NO2/c1-4-9-18(10-5-2)14-11-16-15(13(3)19)7-6-8-17(16)20-12-14/h6-8,13-14,19H,4-5,9-12H2,1-3H3. The Morgan fingerprint density at radius 2 is 2.00 bits per heavy atom. The van der Waals surface area contributed by atoms with Crippen LogP contribution in [0.2, 0.25) is 0 Å². The third kappa shape index (κ3) is 3.33. The minimum atomic E-state index is -0.432. The van der Waals surface area contributed by atoms with Gasteiger partial charge in [0.1, 0.15) is 12.4 Å². The topological polar surface area (TPSA) is 32.7 Å². The van der Waals surface area contributed by atoms with Gasteiger partial charge in [0.25, 0.3) is 0 Å². The van der Waals surface area contributed by atoms with Crippen molar-refractivity contribution < 1.29 is 9.84 Å². The van der Waals surface area contributed by atoms with E-state index in [0.717, 1.165) is 37.4 Å². The van der Waals surface area contributed by atoms with Crippen LogP contribution in [-0.2, 0) is 6.42 Å². The molecule has 0 saturated carbocycles. The van der Waals surface area contributed by atoms with Gasteiger partial charge >= 0.3 is 0 Å². The van der Waals surface area contributed by atoms with Crippen LogP contribution in [0.25, 0.3) is 0 Å². The predicted molar refractivity (Wildman–Crippen MR) is 82.2 cm³/mol. The van der Waals surface area contributed by atoms with E-state index in [1.54, 1.807) is 0 Å². The fraction of sp³-hybridized carbons (Fsp3) is 0.647. The van der Waals surface area contributed by atoms with Crippen LogP contribution in [-0.4, -0.2) is 35.7 Å². The molecule has 1 aliphatic heterocycles. The Kier molecular flexibility index (Phi) is 5.44. The second kappa shape index (κ2) is 7.09. The molecule has 0 spiro atoms. The van der Waals surface area contributed by atoms with Crippen molar-refractivity contribution in [3.05, 3.63) is 29.3 Å². The first-order chi connectivity index (χ1) is 9.67. The summed E-state index contributed by atoms with van der Waals surface area (Å²) in [5.74, 6) is 0.951. The van der Waals surface area contributed by atoms with Crippen molar-refractivity contribution in [2.45, 2.75) is 52.2 Å². The van der Waals surface area contributed by atoms with E-state index in [1.807, 2.05) is 25.1 Å². The molecule has 0 aromatic heterocycles. The third-order valence-electron chi connectivity index (χ3n) is 4.03. The maximum absolute atomic E-state index is 9.94. The number of benzene rings is 1. The Morgan fingerprint density at radius 1 is 1.30 bits per heavy atom. The summed E-state index contributed by atoms with van der Waals surface area (Å²) in [5, 5.41) is 9.94. The van der Waals surface area contributed by atoms with Crippen molar-refractivity contribution in [2.24, 2.45) is 0 Å². The van der Waals surface area contributed by atoms with Crippen LogP contribution in [0.3, 0.4) is 0 Å². The second-order valence-electron chi connectivity index (χ2n) is 5.70. The quantitative estimate of drug-likeness (QED) is 0.867. The fourth-order valence-corrected chi connectivity index (χ4v) is 3.09. The Balaban J connectivity index is 2.20. The van der Waals surface area contributed by atoms with Crippen LogP contribution in [0.5, 0.6) is 5.75 Å². The minimum Gasteiger partial charge on any atom is -0.492 e. The summed E-state index contributed by atoms with van der Waals surface area (Å²) in [6.07, 6.45) is 2.89. The summed E-state index contributed by atoms with van der Waals surface area (Å²) in [5.41, 5.74) is 2.20. The van der Waals surface area contributed by atoms with Crippen LogP contribution < -0.4 is 4.74 Å². The van der Waals surface area contributed by atoms with E-state index in [2.05, 4.69) is 18.7 Å². The maximum Gasteiger partial charge on any atom is 0.122 e. The molecule has 3 nitrogen and oxygen atoms in total. The lowest BCUT2D eigenvalue weighted by atomic mass is 9.94. The zero-order valence-corrected chi connectivity index (χ0v) is 12.9. The van der Waals surface area contributed by atoms with Gasteiger partial charge in [-0.15, -0.1) is 0 Å². The van der Waals surface area contributed by atoms with Gasteiger partial charge in [0.2, 0.25) is 0 Å². The monoisotopic (exact) mass is 277 g/mol. The smallest absolute Gasteiger partial charge is 0.122 e. The molecule has 0 fully saturated rings. The highest BCUT2D eigenvalue weighted by molar-refractivity contribution is 5.43. The number of fused-ring (bicyclic) bond motifs is 1. The summed E-state index contributed by atoms with van der Waals surface area (Å²) in [7, 11) is 0. The van der Waals surface area contributed by atoms with Crippen LogP contribution in [0.15, 0.2) is 18.2 Å². The molecule has 0 amide bonds. The largest absolute Gasteiger partial charge is 0.492 e. The number of nitrogens with zero attached hydrogens (tertiary/aromatic N) is 1. The number of rotatable bonds is 6. The molecule has 3 heteroatoms. The van der Waals surface area contributed by atoms with Gasteiger partial charge in [0.15, 0.2) is 0 Å². The van der Waals surface area contributed by atoms with Gasteiger partial charge in [0, 0.05) is 11.6 Å².